The van der Waals surface area contributed by atoms with Crippen molar-refractivity contribution in [3.8, 4) is 0 Å². The molecule has 2 atom stereocenters. The molecule has 0 unspecified atom stereocenters. The summed E-state index contributed by atoms with van der Waals surface area (Å²) in [5.41, 5.74) is 3.08. The van der Waals surface area contributed by atoms with Crippen LogP contribution in [0.25, 0.3) is 0 Å². The quantitative estimate of drug-likeness (QED) is 0.827. The van der Waals surface area contributed by atoms with Gasteiger partial charge in [-0.3, -0.25) is 4.79 Å². The second-order valence-electron chi connectivity index (χ2n) is 5.97. The van der Waals surface area contributed by atoms with E-state index in [9.17, 15) is 9.90 Å². The van der Waals surface area contributed by atoms with Gasteiger partial charge in [-0.1, -0.05) is 48.0 Å². The van der Waals surface area contributed by atoms with Gasteiger partial charge in [-0.25, -0.2) is 0 Å². The maximum Gasteiger partial charge on any atom is 0.164 e. The largest absolute Gasteiger partial charge is 0.391 e. The Kier molecular flexibility index (Phi) is 5.11. The van der Waals surface area contributed by atoms with Crippen LogP contribution in [0.3, 0.4) is 0 Å². The van der Waals surface area contributed by atoms with Gasteiger partial charge >= 0.3 is 0 Å². The maximum atomic E-state index is 12.2. The highest BCUT2D eigenvalue weighted by Crippen LogP contribution is 2.21. The monoisotopic (exact) mass is 329 g/mol. The highest BCUT2D eigenvalue weighted by atomic mass is 35.5. The first-order valence-electron chi connectivity index (χ1n) is 7.91. The Balaban J connectivity index is 1.57. The zero-order valence-electron chi connectivity index (χ0n) is 12.8. The SMILES string of the molecule is O=C(CC[C@@H](O)[C@@H]1Cc2ccccc2CN1)c1ccccc1Cl. The third kappa shape index (κ3) is 3.81. The molecule has 4 heteroatoms. The molecule has 1 aliphatic heterocycles. The number of nitrogens with one attached hydrogen (secondary N) is 1. The highest BCUT2D eigenvalue weighted by Gasteiger charge is 2.24. The van der Waals surface area contributed by atoms with Crippen molar-refractivity contribution in [1.82, 2.24) is 5.32 Å². The number of fused-ring (bicyclic) bond motifs is 1. The Labute approximate surface area is 141 Å². The number of ketones is 1. The van der Waals surface area contributed by atoms with Crippen LogP contribution >= 0.6 is 11.6 Å². The minimum absolute atomic E-state index is 0.0102. The zero-order chi connectivity index (χ0) is 16.2. The molecule has 3 rings (SSSR count). The molecule has 1 heterocycles. The van der Waals surface area contributed by atoms with Crippen molar-refractivity contribution in [2.24, 2.45) is 0 Å². The first kappa shape index (κ1) is 16.2. The van der Waals surface area contributed by atoms with Crippen LogP contribution in [0.5, 0.6) is 0 Å². The third-order valence-electron chi connectivity index (χ3n) is 4.42. The second kappa shape index (κ2) is 7.26. The molecule has 0 bridgehead atoms. The van der Waals surface area contributed by atoms with Crippen LogP contribution < -0.4 is 5.32 Å². The standard InChI is InChI=1S/C19H20ClNO2/c20-16-8-4-3-7-15(16)18(22)9-10-19(23)17-11-13-5-1-2-6-14(13)12-21-17/h1-8,17,19,21,23H,9-12H2/t17-,19+/m0/s1. The van der Waals surface area contributed by atoms with Crippen LogP contribution in [0.15, 0.2) is 48.5 Å². The molecular formula is C19H20ClNO2. The van der Waals surface area contributed by atoms with E-state index in [0.29, 0.717) is 23.4 Å². The average Bonchev–Trinajstić information content (AvgIpc) is 2.59. The summed E-state index contributed by atoms with van der Waals surface area (Å²) in [5, 5.41) is 14.2. The number of hydrogen-bond donors (Lipinski definition) is 2. The Morgan fingerprint density at radius 3 is 2.65 bits per heavy atom. The smallest absolute Gasteiger partial charge is 0.164 e. The van der Waals surface area contributed by atoms with E-state index >= 15 is 0 Å². The molecule has 0 spiro atoms. The van der Waals surface area contributed by atoms with Crippen molar-refractivity contribution in [1.29, 1.82) is 0 Å². The minimum atomic E-state index is -0.546. The molecular weight excluding hydrogens is 310 g/mol. The van der Waals surface area contributed by atoms with Crippen molar-refractivity contribution in [2.75, 3.05) is 0 Å². The van der Waals surface area contributed by atoms with Crippen molar-refractivity contribution in [3.63, 3.8) is 0 Å². The van der Waals surface area contributed by atoms with Gasteiger partial charge in [-0.05, 0) is 36.1 Å². The van der Waals surface area contributed by atoms with Gasteiger partial charge in [0.15, 0.2) is 5.78 Å². The van der Waals surface area contributed by atoms with Crippen molar-refractivity contribution >= 4 is 17.4 Å². The molecule has 0 amide bonds. The molecule has 0 saturated heterocycles. The zero-order valence-corrected chi connectivity index (χ0v) is 13.6. The number of hydrogen-bond acceptors (Lipinski definition) is 3. The fourth-order valence-electron chi connectivity index (χ4n) is 3.05. The minimum Gasteiger partial charge on any atom is -0.391 e. The molecule has 2 aromatic rings. The molecule has 0 aliphatic carbocycles. The summed E-state index contributed by atoms with van der Waals surface area (Å²) >= 11 is 6.04. The van der Waals surface area contributed by atoms with Gasteiger partial charge in [0.2, 0.25) is 0 Å². The normalized spacial score (nSPS) is 18.3. The number of carbonyl (C=O) groups is 1. The van der Waals surface area contributed by atoms with Gasteiger partial charge in [0, 0.05) is 24.6 Å². The van der Waals surface area contributed by atoms with E-state index in [1.54, 1.807) is 24.3 Å². The van der Waals surface area contributed by atoms with Crippen molar-refractivity contribution in [2.45, 2.75) is 38.0 Å². The Morgan fingerprint density at radius 1 is 1.17 bits per heavy atom. The van der Waals surface area contributed by atoms with E-state index in [0.717, 1.165) is 13.0 Å². The molecule has 120 valence electrons. The van der Waals surface area contributed by atoms with E-state index in [2.05, 4.69) is 17.4 Å². The summed E-state index contributed by atoms with van der Waals surface area (Å²) in [6, 6.07) is 15.3. The van der Waals surface area contributed by atoms with Gasteiger partial charge in [0.05, 0.1) is 11.1 Å². The number of aliphatic hydroxyl groups excluding tert-OH is 1. The lowest BCUT2D eigenvalue weighted by atomic mass is 9.91. The van der Waals surface area contributed by atoms with Crippen LogP contribution in [-0.4, -0.2) is 23.0 Å². The predicted octanol–water partition coefficient (Wildman–Crippen LogP) is 3.38. The lowest BCUT2D eigenvalue weighted by Gasteiger charge is -2.29. The maximum absolute atomic E-state index is 12.2. The summed E-state index contributed by atoms with van der Waals surface area (Å²) in [6.07, 6.45) is 0.974. The molecule has 2 aromatic carbocycles. The summed E-state index contributed by atoms with van der Waals surface area (Å²) in [4.78, 5) is 12.2. The lowest BCUT2D eigenvalue weighted by molar-refractivity contribution is 0.0877. The summed E-state index contributed by atoms with van der Waals surface area (Å²) in [5.74, 6) is -0.0224. The second-order valence-corrected chi connectivity index (χ2v) is 6.38. The van der Waals surface area contributed by atoms with E-state index in [-0.39, 0.29) is 11.8 Å². The summed E-state index contributed by atoms with van der Waals surface area (Å²) in [6.45, 7) is 0.760. The van der Waals surface area contributed by atoms with Crippen molar-refractivity contribution in [3.05, 3.63) is 70.2 Å². The Morgan fingerprint density at radius 2 is 1.87 bits per heavy atom. The molecule has 23 heavy (non-hydrogen) atoms. The number of carbonyl (C=O) groups excluding carboxylic acids is 1. The van der Waals surface area contributed by atoms with Crippen LogP contribution in [0.1, 0.15) is 34.3 Å². The van der Waals surface area contributed by atoms with Crippen molar-refractivity contribution < 1.29 is 9.90 Å². The molecule has 1 aliphatic rings. The third-order valence-corrected chi connectivity index (χ3v) is 4.75. The summed E-state index contributed by atoms with van der Waals surface area (Å²) in [7, 11) is 0. The fraction of sp³-hybridized carbons (Fsp3) is 0.316. The van der Waals surface area contributed by atoms with Crippen LogP contribution in [0.2, 0.25) is 5.02 Å². The number of benzene rings is 2. The lowest BCUT2D eigenvalue weighted by Crippen LogP contribution is -2.44. The van der Waals surface area contributed by atoms with Gasteiger partial charge in [-0.15, -0.1) is 0 Å². The van der Waals surface area contributed by atoms with Gasteiger partial charge in [0.25, 0.3) is 0 Å². The van der Waals surface area contributed by atoms with E-state index in [4.69, 9.17) is 11.6 Å². The van der Waals surface area contributed by atoms with Crippen LogP contribution in [0.4, 0.5) is 0 Å². The molecule has 0 radical (unpaired) electrons. The molecule has 2 N–H and O–H groups in total. The first-order valence-corrected chi connectivity index (χ1v) is 8.29. The first-order chi connectivity index (χ1) is 11.1. The molecule has 3 nitrogen and oxygen atoms in total. The summed E-state index contributed by atoms with van der Waals surface area (Å²) < 4.78 is 0. The number of Topliss-reactive ketones (excluding diaryl/α,β-unsaturated/α-hetero) is 1. The average molecular weight is 330 g/mol. The predicted molar refractivity (Wildman–Crippen MR) is 91.8 cm³/mol. The Hall–Kier alpha value is -1.68. The van der Waals surface area contributed by atoms with Crippen LogP contribution in [-0.2, 0) is 13.0 Å². The number of rotatable bonds is 5. The van der Waals surface area contributed by atoms with Gasteiger partial charge in [0.1, 0.15) is 0 Å². The highest BCUT2D eigenvalue weighted by molar-refractivity contribution is 6.33. The molecule has 0 aromatic heterocycles. The van der Waals surface area contributed by atoms with E-state index in [1.807, 2.05) is 12.1 Å². The molecule has 0 saturated carbocycles. The number of halogens is 1. The van der Waals surface area contributed by atoms with E-state index in [1.165, 1.54) is 11.1 Å². The van der Waals surface area contributed by atoms with Gasteiger partial charge in [-0.2, -0.15) is 0 Å². The fourth-order valence-corrected chi connectivity index (χ4v) is 3.29. The number of aliphatic hydroxyl groups is 1. The van der Waals surface area contributed by atoms with Crippen LogP contribution in [0, 0.1) is 0 Å². The molecule has 0 fully saturated rings. The van der Waals surface area contributed by atoms with Gasteiger partial charge < -0.3 is 10.4 Å². The Bertz CT molecular complexity index is 701. The topological polar surface area (TPSA) is 49.3 Å². The van der Waals surface area contributed by atoms with E-state index < -0.39 is 6.10 Å².